The summed E-state index contributed by atoms with van der Waals surface area (Å²) >= 11 is 6.78. The van der Waals surface area contributed by atoms with Gasteiger partial charge in [0.05, 0.1) is 0 Å². The first-order chi connectivity index (χ1) is 8.15. The van der Waals surface area contributed by atoms with Crippen LogP contribution in [0.2, 0.25) is 0 Å². The number of hydrogen-bond donors (Lipinski definition) is 0. The van der Waals surface area contributed by atoms with Gasteiger partial charge >= 0.3 is 0 Å². The Kier molecular flexibility index (Phi) is 3.97. The van der Waals surface area contributed by atoms with Gasteiger partial charge in [0, 0.05) is 26.6 Å². The summed E-state index contributed by atoms with van der Waals surface area (Å²) in [4.78, 5) is 0. The number of benzene rings is 2. The molecule has 2 rings (SSSR count). The second-order valence-corrected chi connectivity index (χ2v) is 5.32. The van der Waals surface area contributed by atoms with E-state index in [1.165, 1.54) is 0 Å². The molecule has 4 heteroatoms. The van der Waals surface area contributed by atoms with E-state index in [2.05, 4.69) is 31.9 Å². The highest BCUT2D eigenvalue weighted by atomic mass is 79.9. The molecule has 0 spiro atoms. The predicted molar refractivity (Wildman–Crippen MR) is 76.7 cm³/mol. The van der Waals surface area contributed by atoms with E-state index in [0.717, 1.165) is 19.2 Å². The minimum Gasteiger partial charge on any atom is -0.618 e. The fourth-order valence-electron chi connectivity index (χ4n) is 1.43. The van der Waals surface area contributed by atoms with Crippen molar-refractivity contribution in [3.63, 3.8) is 0 Å². The number of hydrogen-bond acceptors (Lipinski definition) is 1. The maximum atomic E-state index is 11.9. The molecule has 2 aromatic rings. The van der Waals surface area contributed by atoms with Gasteiger partial charge in [-0.3, -0.25) is 0 Å². The third-order valence-electron chi connectivity index (χ3n) is 2.16. The van der Waals surface area contributed by atoms with Crippen molar-refractivity contribution in [2.24, 2.45) is 0 Å². The Hall–Kier alpha value is -1.13. The van der Waals surface area contributed by atoms with Crippen LogP contribution >= 0.6 is 31.9 Å². The van der Waals surface area contributed by atoms with Crippen LogP contribution in [-0.2, 0) is 0 Å². The Morgan fingerprint density at radius 3 is 2.12 bits per heavy atom. The van der Waals surface area contributed by atoms with Crippen molar-refractivity contribution in [1.29, 1.82) is 0 Å². The van der Waals surface area contributed by atoms with Crippen LogP contribution in [0.3, 0.4) is 0 Å². The molecule has 0 N–H and O–H groups in total. The molecule has 0 atom stereocenters. The minimum atomic E-state index is 0.614. The summed E-state index contributed by atoms with van der Waals surface area (Å²) < 4.78 is 2.72. The topological polar surface area (TPSA) is 26.1 Å². The van der Waals surface area contributed by atoms with Crippen molar-refractivity contribution in [3.05, 3.63) is 68.2 Å². The smallest absolute Gasteiger partial charge is 0.216 e. The lowest BCUT2D eigenvalue weighted by molar-refractivity contribution is -0.354. The average Bonchev–Trinajstić information content (AvgIpc) is 2.28. The van der Waals surface area contributed by atoms with Gasteiger partial charge < -0.3 is 5.21 Å². The zero-order valence-corrected chi connectivity index (χ0v) is 12.0. The van der Waals surface area contributed by atoms with E-state index >= 15 is 0 Å². The second kappa shape index (κ2) is 5.47. The summed E-state index contributed by atoms with van der Waals surface area (Å²) in [6.07, 6.45) is 1.55. The molecule has 2 nitrogen and oxygen atoms in total. The Bertz CT molecular complexity index is 532. The lowest BCUT2D eigenvalue weighted by atomic mass is 10.2. The van der Waals surface area contributed by atoms with Gasteiger partial charge in [-0.15, -0.1) is 0 Å². The number of halogens is 2. The highest BCUT2D eigenvalue weighted by molar-refractivity contribution is 9.11. The van der Waals surface area contributed by atoms with Crippen LogP contribution in [-0.4, -0.2) is 11.0 Å². The van der Waals surface area contributed by atoms with Crippen molar-refractivity contribution >= 4 is 43.8 Å². The summed E-state index contributed by atoms with van der Waals surface area (Å²) in [5, 5.41) is 11.9. The minimum absolute atomic E-state index is 0.614. The molecule has 0 bridgehead atoms. The largest absolute Gasteiger partial charge is 0.618 e. The molecule has 0 unspecified atom stereocenters. The van der Waals surface area contributed by atoms with Crippen LogP contribution in [0.4, 0.5) is 5.69 Å². The summed E-state index contributed by atoms with van der Waals surface area (Å²) in [6, 6.07) is 14.8. The fourth-order valence-corrected chi connectivity index (χ4v) is 2.76. The molecular formula is C13H9Br2NO. The highest BCUT2D eigenvalue weighted by Crippen LogP contribution is 2.19. The monoisotopic (exact) mass is 353 g/mol. The van der Waals surface area contributed by atoms with Crippen molar-refractivity contribution in [3.8, 4) is 0 Å². The normalized spacial score (nSPS) is 11.5. The molecule has 0 saturated heterocycles. The standard InChI is InChI=1S/C13H9Br2NO/c14-11-6-10(7-12(15)8-11)9-16(17)13-4-2-1-3-5-13/h1-9H/b16-9-. The van der Waals surface area contributed by atoms with E-state index in [9.17, 15) is 5.21 Å². The van der Waals surface area contributed by atoms with Gasteiger partial charge in [-0.05, 0) is 18.2 Å². The van der Waals surface area contributed by atoms with Crippen molar-refractivity contribution in [1.82, 2.24) is 0 Å². The number of para-hydroxylation sites is 1. The molecule has 0 aliphatic carbocycles. The summed E-state index contributed by atoms with van der Waals surface area (Å²) in [5.74, 6) is 0. The third-order valence-corrected chi connectivity index (χ3v) is 3.08. The average molecular weight is 355 g/mol. The van der Waals surface area contributed by atoms with Gasteiger partial charge in [0.15, 0.2) is 6.21 Å². The Balaban J connectivity index is 2.36. The maximum Gasteiger partial charge on any atom is 0.216 e. The van der Waals surface area contributed by atoms with Gasteiger partial charge in [0.2, 0.25) is 5.69 Å². The van der Waals surface area contributed by atoms with Gasteiger partial charge in [0.1, 0.15) is 0 Å². The molecule has 0 aliphatic heterocycles. The van der Waals surface area contributed by atoms with Crippen molar-refractivity contribution in [2.75, 3.05) is 0 Å². The lowest BCUT2D eigenvalue weighted by Gasteiger charge is -2.03. The fraction of sp³-hybridized carbons (Fsp3) is 0. The molecule has 0 fully saturated rings. The van der Waals surface area contributed by atoms with Crippen molar-refractivity contribution < 1.29 is 4.74 Å². The molecular weight excluding hydrogens is 346 g/mol. The quantitative estimate of drug-likeness (QED) is 0.338. The molecule has 0 amide bonds. The summed E-state index contributed by atoms with van der Waals surface area (Å²) in [5.41, 5.74) is 1.45. The summed E-state index contributed by atoms with van der Waals surface area (Å²) in [7, 11) is 0. The Morgan fingerprint density at radius 1 is 0.941 bits per heavy atom. The molecule has 17 heavy (non-hydrogen) atoms. The van der Waals surface area contributed by atoms with Crippen molar-refractivity contribution in [2.45, 2.75) is 0 Å². The zero-order chi connectivity index (χ0) is 12.3. The van der Waals surface area contributed by atoms with E-state index in [4.69, 9.17) is 0 Å². The van der Waals surface area contributed by atoms with E-state index in [1.807, 2.05) is 36.4 Å². The second-order valence-electron chi connectivity index (χ2n) is 3.49. The highest BCUT2D eigenvalue weighted by Gasteiger charge is 2.02. The first kappa shape index (κ1) is 12.3. The zero-order valence-electron chi connectivity index (χ0n) is 8.81. The van der Waals surface area contributed by atoms with Crippen LogP contribution in [0, 0.1) is 5.21 Å². The van der Waals surface area contributed by atoms with Crippen LogP contribution in [0.15, 0.2) is 57.5 Å². The van der Waals surface area contributed by atoms with E-state index < -0.39 is 0 Å². The first-order valence-electron chi connectivity index (χ1n) is 4.97. The Labute approximate surface area is 116 Å². The maximum absolute atomic E-state index is 11.9. The third kappa shape index (κ3) is 3.41. The van der Waals surface area contributed by atoms with Gasteiger partial charge in [-0.2, -0.15) is 4.74 Å². The first-order valence-corrected chi connectivity index (χ1v) is 6.56. The number of nitrogens with zero attached hydrogens (tertiary/aromatic N) is 1. The van der Waals surface area contributed by atoms with Gasteiger partial charge in [-0.1, -0.05) is 50.1 Å². The molecule has 86 valence electrons. The Morgan fingerprint density at radius 2 is 1.53 bits per heavy atom. The van der Waals surface area contributed by atoms with Crippen LogP contribution < -0.4 is 0 Å². The SMILES string of the molecule is [O-]/[N+](=C\c1cc(Br)cc(Br)c1)c1ccccc1. The van der Waals surface area contributed by atoms with Crippen LogP contribution in [0.1, 0.15) is 5.56 Å². The molecule has 0 aromatic heterocycles. The predicted octanol–water partition coefficient (Wildman–Crippen LogP) is 4.47. The van der Waals surface area contributed by atoms with E-state index in [-0.39, 0.29) is 0 Å². The van der Waals surface area contributed by atoms with Gasteiger partial charge in [0.25, 0.3) is 0 Å². The lowest BCUT2D eigenvalue weighted by Crippen LogP contribution is -1.98. The van der Waals surface area contributed by atoms with Gasteiger partial charge in [-0.25, -0.2) is 0 Å². The molecule has 0 saturated carbocycles. The summed E-state index contributed by atoms with van der Waals surface area (Å²) in [6.45, 7) is 0. The van der Waals surface area contributed by atoms with Crippen LogP contribution in [0.5, 0.6) is 0 Å². The molecule has 0 aliphatic rings. The molecule has 0 radical (unpaired) electrons. The molecule has 2 aromatic carbocycles. The van der Waals surface area contributed by atoms with E-state index in [1.54, 1.807) is 18.3 Å². The van der Waals surface area contributed by atoms with E-state index in [0.29, 0.717) is 5.69 Å². The number of rotatable bonds is 2. The van der Waals surface area contributed by atoms with Crippen LogP contribution in [0.25, 0.3) is 0 Å². The molecule has 0 heterocycles.